The van der Waals surface area contributed by atoms with Gasteiger partial charge in [-0.15, -0.1) is 0 Å². The number of ether oxygens (including phenoxy) is 1. The first-order valence-corrected chi connectivity index (χ1v) is 6.98. The Labute approximate surface area is 113 Å². The molecule has 0 aromatic heterocycles. The van der Waals surface area contributed by atoms with Crippen LogP contribution in [0.15, 0.2) is 0 Å². The third kappa shape index (κ3) is 8.03. The molecule has 0 radical (unpaired) electrons. The summed E-state index contributed by atoms with van der Waals surface area (Å²) in [4.78, 5) is 2.45. The summed E-state index contributed by atoms with van der Waals surface area (Å²) in [5, 5.41) is 12.5. The number of aliphatic hydroxyl groups is 1. The molecule has 0 heterocycles. The number of rotatable bonds is 11. The van der Waals surface area contributed by atoms with Gasteiger partial charge < -0.3 is 20.1 Å². The minimum absolute atomic E-state index is 0.148. The number of methoxy groups -OCH3 is 1. The summed E-state index contributed by atoms with van der Waals surface area (Å²) >= 11 is 0. The Morgan fingerprint density at radius 2 is 2.00 bits per heavy atom. The third-order valence-corrected chi connectivity index (χ3v) is 3.39. The first kappa shape index (κ1) is 17.8. The van der Waals surface area contributed by atoms with Gasteiger partial charge in [0.2, 0.25) is 0 Å². The highest BCUT2D eigenvalue weighted by Crippen LogP contribution is 2.12. The molecule has 18 heavy (non-hydrogen) atoms. The molecule has 0 fully saturated rings. The van der Waals surface area contributed by atoms with Gasteiger partial charge in [0.1, 0.15) is 0 Å². The molecule has 4 nitrogen and oxygen atoms in total. The number of aliphatic hydroxyl groups excluding tert-OH is 1. The second-order valence-electron chi connectivity index (χ2n) is 5.76. The Bertz CT molecular complexity index is 194. The first-order valence-electron chi connectivity index (χ1n) is 6.98. The molecule has 0 aliphatic carbocycles. The van der Waals surface area contributed by atoms with Gasteiger partial charge in [-0.25, -0.2) is 0 Å². The smallest absolute Gasteiger partial charge is 0.0610 e. The highest BCUT2D eigenvalue weighted by atomic mass is 16.5. The van der Waals surface area contributed by atoms with Crippen LogP contribution in [0.1, 0.15) is 33.6 Å². The van der Waals surface area contributed by atoms with E-state index in [-0.39, 0.29) is 12.1 Å². The van der Waals surface area contributed by atoms with E-state index in [1.807, 2.05) is 7.05 Å². The quantitative estimate of drug-likeness (QED) is 0.588. The Hall–Kier alpha value is -0.160. The van der Waals surface area contributed by atoms with Gasteiger partial charge in [0, 0.05) is 25.7 Å². The molecule has 0 aromatic carbocycles. The van der Waals surface area contributed by atoms with Gasteiger partial charge in [-0.1, -0.05) is 13.8 Å². The van der Waals surface area contributed by atoms with Gasteiger partial charge in [0.25, 0.3) is 0 Å². The van der Waals surface area contributed by atoms with Gasteiger partial charge in [0.05, 0.1) is 13.2 Å². The van der Waals surface area contributed by atoms with Crippen LogP contribution in [0.3, 0.4) is 0 Å². The molecule has 0 aromatic rings. The van der Waals surface area contributed by atoms with Gasteiger partial charge in [-0.3, -0.25) is 0 Å². The van der Waals surface area contributed by atoms with Crippen molar-refractivity contribution in [2.24, 2.45) is 5.92 Å². The van der Waals surface area contributed by atoms with Crippen LogP contribution in [0, 0.1) is 5.92 Å². The molecular formula is C14H32N2O2. The predicted octanol–water partition coefficient (Wildman–Crippen LogP) is 1.34. The van der Waals surface area contributed by atoms with Crippen LogP contribution in [0.5, 0.6) is 0 Å². The summed E-state index contributed by atoms with van der Waals surface area (Å²) in [5.74, 6) is 0.676. The van der Waals surface area contributed by atoms with E-state index in [1.54, 1.807) is 7.11 Å². The fourth-order valence-electron chi connectivity index (χ4n) is 2.01. The lowest BCUT2D eigenvalue weighted by atomic mass is 9.97. The fourth-order valence-corrected chi connectivity index (χ4v) is 2.01. The van der Waals surface area contributed by atoms with Crippen molar-refractivity contribution >= 4 is 0 Å². The van der Waals surface area contributed by atoms with Crippen molar-refractivity contribution in [3.05, 3.63) is 0 Å². The molecule has 0 rings (SSSR count). The number of nitrogens with zero attached hydrogens (tertiary/aromatic N) is 1. The molecule has 0 aliphatic heterocycles. The number of hydrogen-bond acceptors (Lipinski definition) is 4. The Balaban J connectivity index is 4.01. The molecule has 1 unspecified atom stereocenters. The lowest BCUT2D eigenvalue weighted by Crippen LogP contribution is -2.44. The largest absolute Gasteiger partial charge is 0.394 e. The summed E-state index contributed by atoms with van der Waals surface area (Å²) in [7, 11) is 3.66. The normalized spacial score (nSPS) is 15.3. The summed E-state index contributed by atoms with van der Waals surface area (Å²) in [6, 6.07) is 0. The average Bonchev–Trinajstić information content (AvgIpc) is 2.34. The van der Waals surface area contributed by atoms with Crippen LogP contribution in [-0.2, 0) is 4.74 Å². The first-order chi connectivity index (χ1) is 8.47. The van der Waals surface area contributed by atoms with Gasteiger partial charge >= 0.3 is 0 Å². The van der Waals surface area contributed by atoms with E-state index < -0.39 is 0 Å². The molecule has 0 aliphatic rings. The highest BCUT2D eigenvalue weighted by Gasteiger charge is 2.20. The monoisotopic (exact) mass is 260 g/mol. The molecule has 110 valence electrons. The van der Waals surface area contributed by atoms with E-state index in [0.717, 1.165) is 39.1 Å². The molecule has 0 saturated carbocycles. The summed E-state index contributed by atoms with van der Waals surface area (Å²) in [6.07, 6.45) is 2.08. The predicted molar refractivity (Wildman–Crippen MR) is 76.9 cm³/mol. The molecule has 0 spiro atoms. The minimum atomic E-state index is -0.148. The molecule has 4 heteroatoms. The van der Waals surface area contributed by atoms with Crippen molar-refractivity contribution in [3.63, 3.8) is 0 Å². The second kappa shape index (κ2) is 9.73. The van der Waals surface area contributed by atoms with E-state index in [4.69, 9.17) is 4.74 Å². The van der Waals surface area contributed by atoms with Crippen molar-refractivity contribution in [1.82, 2.24) is 10.2 Å². The molecule has 0 saturated heterocycles. The van der Waals surface area contributed by atoms with E-state index in [9.17, 15) is 5.11 Å². The standard InChI is InChI=1S/C14H32N2O2/c1-13(2)11-16(9-10-18-5)8-6-7-14(3,12-17)15-4/h13,15,17H,6-12H2,1-5H3. The second-order valence-corrected chi connectivity index (χ2v) is 5.76. The molecule has 0 amide bonds. The van der Waals surface area contributed by atoms with Crippen molar-refractivity contribution in [2.45, 2.75) is 39.2 Å². The molecule has 2 N–H and O–H groups in total. The zero-order valence-electron chi connectivity index (χ0n) is 12.8. The zero-order chi connectivity index (χ0) is 14.0. The molecule has 1 atom stereocenters. The van der Waals surface area contributed by atoms with E-state index in [0.29, 0.717) is 5.92 Å². The Kier molecular flexibility index (Phi) is 9.64. The van der Waals surface area contributed by atoms with Crippen LogP contribution in [-0.4, -0.2) is 62.6 Å². The zero-order valence-corrected chi connectivity index (χ0v) is 12.8. The minimum Gasteiger partial charge on any atom is -0.394 e. The van der Waals surface area contributed by atoms with Crippen LogP contribution in [0.2, 0.25) is 0 Å². The van der Waals surface area contributed by atoms with E-state index in [1.165, 1.54) is 0 Å². The topological polar surface area (TPSA) is 44.7 Å². The van der Waals surface area contributed by atoms with Crippen LogP contribution < -0.4 is 5.32 Å². The van der Waals surface area contributed by atoms with Crippen molar-refractivity contribution in [3.8, 4) is 0 Å². The Morgan fingerprint density at radius 1 is 1.33 bits per heavy atom. The fraction of sp³-hybridized carbons (Fsp3) is 1.00. The molecular weight excluding hydrogens is 228 g/mol. The van der Waals surface area contributed by atoms with E-state index in [2.05, 4.69) is 31.0 Å². The number of nitrogens with one attached hydrogen (secondary N) is 1. The third-order valence-electron chi connectivity index (χ3n) is 3.39. The number of hydrogen-bond donors (Lipinski definition) is 2. The summed E-state index contributed by atoms with van der Waals surface area (Å²) in [5.41, 5.74) is -0.148. The van der Waals surface area contributed by atoms with E-state index >= 15 is 0 Å². The maximum absolute atomic E-state index is 9.34. The van der Waals surface area contributed by atoms with Crippen molar-refractivity contribution < 1.29 is 9.84 Å². The van der Waals surface area contributed by atoms with Crippen LogP contribution in [0.4, 0.5) is 0 Å². The van der Waals surface area contributed by atoms with Gasteiger partial charge in [-0.2, -0.15) is 0 Å². The summed E-state index contributed by atoms with van der Waals surface area (Å²) < 4.78 is 5.15. The van der Waals surface area contributed by atoms with Crippen LogP contribution >= 0.6 is 0 Å². The maximum atomic E-state index is 9.34. The van der Waals surface area contributed by atoms with Gasteiger partial charge in [-0.05, 0) is 39.3 Å². The molecule has 0 bridgehead atoms. The van der Waals surface area contributed by atoms with Crippen LogP contribution in [0.25, 0.3) is 0 Å². The highest BCUT2D eigenvalue weighted by molar-refractivity contribution is 4.80. The lowest BCUT2D eigenvalue weighted by Gasteiger charge is -2.29. The number of likely N-dealkylation sites (N-methyl/N-ethyl adjacent to an activating group) is 1. The van der Waals surface area contributed by atoms with Crippen molar-refractivity contribution in [2.75, 3.05) is 47.0 Å². The summed E-state index contributed by atoms with van der Waals surface area (Å²) in [6.45, 7) is 10.7. The lowest BCUT2D eigenvalue weighted by molar-refractivity contribution is 0.130. The maximum Gasteiger partial charge on any atom is 0.0610 e. The van der Waals surface area contributed by atoms with Gasteiger partial charge in [0.15, 0.2) is 0 Å². The SMILES string of the molecule is CNC(C)(CO)CCCN(CCOC)CC(C)C. The average molecular weight is 260 g/mol. The Morgan fingerprint density at radius 3 is 2.44 bits per heavy atom. The van der Waals surface area contributed by atoms with Crippen molar-refractivity contribution in [1.29, 1.82) is 0 Å².